The van der Waals surface area contributed by atoms with Crippen molar-refractivity contribution in [1.29, 1.82) is 0 Å². The monoisotopic (exact) mass is 568 g/mol. The van der Waals surface area contributed by atoms with Crippen molar-refractivity contribution in [3.05, 3.63) is 47.0 Å². The number of fused-ring (bicyclic) bond motifs is 5. The maximum Gasteiger partial charge on any atom is 0.335 e. The van der Waals surface area contributed by atoms with Gasteiger partial charge in [0.25, 0.3) is 5.91 Å². The third-order valence-corrected chi connectivity index (χ3v) is 10.7. The van der Waals surface area contributed by atoms with Gasteiger partial charge in [-0.25, -0.2) is 4.79 Å². The summed E-state index contributed by atoms with van der Waals surface area (Å²) in [6, 6.07) is 6.27. The van der Waals surface area contributed by atoms with E-state index in [1.54, 1.807) is 12.1 Å². The molecule has 7 atom stereocenters. The van der Waals surface area contributed by atoms with E-state index in [-0.39, 0.29) is 47.8 Å². The zero-order valence-corrected chi connectivity index (χ0v) is 23.6. The number of hydrogen-bond donors (Lipinski definition) is 5. The minimum absolute atomic E-state index is 0.00460. The number of aromatic carboxylic acids is 1. The van der Waals surface area contributed by atoms with Crippen molar-refractivity contribution in [2.24, 2.45) is 33.7 Å². The fourth-order valence-electron chi connectivity index (χ4n) is 8.56. The molecule has 0 unspecified atom stereocenters. The average molecular weight is 569 g/mol. The van der Waals surface area contributed by atoms with Crippen LogP contribution in [0.5, 0.6) is 0 Å². The smallest absolute Gasteiger partial charge is 0.335 e. The average Bonchev–Trinajstić information content (AvgIpc) is 3.22. The molecule has 0 heterocycles. The van der Waals surface area contributed by atoms with Crippen LogP contribution in [-0.2, 0) is 21.0 Å². The molecule has 0 spiro atoms. The molecule has 0 saturated heterocycles. The Morgan fingerprint density at radius 2 is 1.83 bits per heavy atom. The molecule has 0 aromatic heterocycles. The van der Waals surface area contributed by atoms with Crippen molar-refractivity contribution in [1.82, 2.24) is 5.32 Å². The zero-order chi connectivity index (χ0) is 29.6. The van der Waals surface area contributed by atoms with Gasteiger partial charge in [0.05, 0.1) is 17.4 Å². The van der Waals surface area contributed by atoms with Gasteiger partial charge in [0, 0.05) is 12.0 Å². The SMILES string of the molecule is C[C@]12CC/C(=N\OCC(=O)NCc3ccc(C(=O)O)cc3)C=C1CC[C@H]1[C@H]2[C@@H](O)C[C@@]2(C)[C@@H]1CC[C@]2(O)C(=O)CO. The van der Waals surface area contributed by atoms with Gasteiger partial charge in [-0.15, -0.1) is 0 Å². The van der Waals surface area contributed by atoms with Crippen LogP contribution in [0.4, 0.5) is 0 Å². The number of nitrogens with one attached hydrogen (secondary N) is 1. The number of aliphatic hydroxyl groups excluding tert-OH is 2. The van der Waals surface area contributed by atoms with E-state index < -0.39 is 35.5 Å². The summed E-state index contributed by atoms with van der Waals surface area (Å²) in [6.07, 6.45) is 5.81. The van der Waals surface area contributed by atoms with Crippen molar-refractivity contribution in [3.63, 3.8) is 0 Å². The van der Waals surface area contributed by atoms with Crippen LogP contribution in [0, 0.1) is 28.6 Å². The molecule has 0 bridgehead atoms. The number of amides is 1. The number of carboxylic acid groups (broad SMARTS) is 1. The molecule has 1 aromatic rings. The minimum atomic E-state index is -1.60. The highest BCUT2D eigenvalue weighted by atomic mass is 16.6. The summed E-state index contributed by atoms with van der Waals surface area (Å²) in [7, 11) is 0. The van der Waals surface area contributed by atoms with Crippen LogP contribution in [0.15, 0.2) is 41.1 Å². The van der Waals surface area contributed by atoms with E-state index >= 15 is 0 Å². The Bertz CT molecular complexity index is 1280. The van der Waals surface area contributed by atoms with Gasteiger partial charge in [0.2, 0.25) is 0 Å². The second kappa shape index (κ2) is 11.0. The Morgan fingerprint density at radius 1 is 1.10 bits per heavy atom. The summed E-state index contributed by atoms with van der Waals surface area (Å²) >= 11 is 0. The first-order valence-electron chi connectivity index (χ1n) is 14.5. The number of ketones is 1. The lowest BCUT2D eigenvalue weighted by molar-refractivity contribution is -0.181. The maximum absolute atomic E-state index is 12.6. The molecule has 3 fully saturated rings. The molecule has 222 valence electrons. The van der Waals surface area contributed by atoms with Gasteiger partial charge in [-0.05, 0) is 91.9 Å². The third kappa shape index (κ3) is 5.00. The van der Waals surface area contributed by atoms with Crippen LogP contribution in [0.1, 0.15) is 74.7 Å². The molecule has 1 aromatic carbocycles. The molecule has 5 N–H and O–H groups in total. The largest absolute Gasteiger partial charge is 0.478 e. The number of Topliss-reactive ketones (excluding diaryl/α,β-unsaturated/α-hetero) is 1. The van der Waals surface area contributed by atoms with Gasteiger partial charge in [0.1, 0.15) is 12.2 Å². The fourth-order valence-corrected chi connectivity index (χ4v) is 8.56. The Morgan fingerprint density at radius 3 is 2.51 bits per heavy atom. The van der Waals surface area contributed by atoms with Crippen LogP contribution in [0.25, 0.3) is 0 Å². The summed E-state index contributed by atoms with van der Waals surface area (Å²) < 4.78 is 0. The third-order valence-electron chi connectivity index (χ3n) is 10.7. The number of nitrogens with zero attached hydrogens (tertiary/aromatic N) is 1. The first-order valence-corrected chi connectivity index (χ1v) is 14.5. The van der Waals surface area contributed by atoms with Gasteiger partial charge in [-0.3, -0.25) is 9.59 Å². The number of rotatable bonds is 8. The molecular formula is C31H40N2O8. The molecule has 4 aliphatic carbocycles. The first-order chi connectivity index (χ1) is 19.4. The predicted octanol–water partition coefficient (Wildman–Crippen LogP) is 2.60. The molecule has 3 saturated carbocycles. The topological polar surface area (TPSA) is 166 Å². The number of carbonyl (C=O) groups is 3. The first kappa shape index (κ1) is 29.4. The minimum Gasteiger partial charge on any atom is -0.478 e. The van der Waals surface area contributed by atoms with Crippen LogP contribution >= 0.6 is 0 Å². The van der Waals surface area contributed by atoms with E-state index in [2.05, 4.69) is 17.4 Å². The normalized spacial score (nSPS) is 36.9. The van der Waals surface area contributed by atoms with Crippen LogP contribution < -0.4 is 5.32 Å². The molecule has 4 aliphatic rings. The van der Waals surface area contributed by atoms with Crippen molar-refractivity contribution in [3.8, 4) is 0 Å². The second-order valence-electron chi connectivity index (χ2n) is 12.7. The van der Waals surface area contributed by atoms with Gasteiger partial charge < -0.3 is 30.6 Å². The Kier molecular flexibility index (Phi) is 7.86. The van der Waals surface area contributed by atoms with Crippen LogP contribution in [-0.4, -0.2) is 68.7 Å². The van der Waals surface area contributed by atoms with Crippen molar-refractivity contribution < 1.29 is 39.6 Å². The van der Waals surface area contributed by atoms with Crippen molar-refractivity contribution in [2.75, 3.05) is 13.2 Å². The standard InChI is InChI=1S/C31H40N2O8/c1-29-11-9-21(33-41-17-26(37)32-15-18-3-5-19(6-4-18)28(38)39)13-20(29)7-8-22-23-10-12-31(40,25(36)16-34)30(23,2)14-24(35)27(22)29/h3-6,13,22-24,27,34-35,40H,7-12,14-17H2,1-2H3,(H,32,37)(H,38,39)/b33-21+/t22-,23-,24+,27+,29+,30+,31+/m1/s1. The summed E-state index contributed by atoms with van der Waals surface area (Å²) in [5.74, 6) is -1.61. The zero-order valence-electron chi connectivity index (χ0n) is 23.6. The maximum atomic E-state index is 12.6. The summed E-state index contributed by atoms with van der Waals surface area (Å²) in [4.78, 5) is 41.2. The Labute approximate surface area is 239 Å². The molecule has 10 nitrogen and oxygen atoms in total. The Balaban J connectivity index is 1.21. The number of allylic oxidation sites excluding steroid dienone is 2. The summed E-state index contributed by atoms with van der Waals surface area (Å²) in [5, 5.41) is 48.4. The van der Waals surface area contributed by atoms with Gasteiger partial charge in [0.15, 0.2) is 12.4 Å². The number of benzene rings is 1. The number of hydrogen-bond acceptors (Lipinski definition) is 8. The van der Waals surface area contributed by atoms with E-state index in [0.29, 0.717) is 25.7 Å². The van der Waals surface area contributed by atoms with Gasteiger partial charge in [-0.1, -0.05) is 36.7 Å². The highest BCUT2D eigenvalue weighted by molar-refractivity contribution is 5.96. The fraction of sp³-hybridized carbons (Fsp3) is 0.613. The highest BCUT2D eigenvalue weighted by Gasteiger charge is 2.68. The number of aliphatic hydroxyl groups is 3. The summed E-state index contributed by atoms with van der Waals surface area (Å²) in [5.41, 5.74) is 0.323. The molecular weight excluding hydrogens is 528 g/mol. The Hall–Kier alpha value is -3.08. The number of carboxylic acids is 1. The van der Waals surface area contributed by atoms with Gasteiger partial charge in [-0.2, -0.15) is 0 Å². The molecule has 0 radical (unpaired) electrons. The lowest BCUT2D eigenvalue weighted by atomic mass is 9.45. The molecule has 10 heteroatoms. The van der Waals surface area contributed by atoms with Crippen molar-refractivity contribution >= 4 is 23.4 Å². The molecule has 0 aliphatic heterocycles. The molecule has 5 rings (SSSR count). The van der Waals surface area contributed by atoms with Crippen molar-refractivity contribution in [2.45, 2.75) is 77.0 Å². The quantitative estimate of drug-likeness (QED) is 0.299. The predicted molar refractivity (Wildman–Crippen MR) is 149 cm³/mol. The van der Waals surface area contributed by atoms with E-state index in [1.807, 2.05) is 13.0 Å². The molecule has 1 amide bonds. The lowest BCUT2D eigenvalue weighted by Crippen LogP contribution is -2.62. The van der Waals surface area contributed by atoms with E-state index in [4.69, 9.17) is 9.94 Å². The summed E-state index contributed by atoms with van der Waals surface area (Å²) in [6.45, 7) is 3.44. The number of oxime groups is 1. The van der Waals surface area contributed by atoms with E-state index in [1.165, 1.54) is 17.7 Å². The van der Waals surface area contributed by atoms with Crippen LogP contribution in [0.2, 0.25) is 0 Å². The van der Waals surface area contributed by atoms with E-state index in [9.17, 15) is 29.7 Å². The molecule has 41 heavy (non-hydrogen) atoms. The number of carbonyl (C=O) groups excluding carboxylic acids is 2. The highest BCUT2D eigenvalue weighted by Crippen LogP contribution is 2.67. The van der Waals surface area contributed by atoms with Crippen LogP contribution in [0.3, 0.4) is 0 Å². The van der Waals surface area contributed by atoms with E-state index in [0.717, 1.165) is 30.5 Å². The van der Waals surface area contributed by atoms with Gasteiger partial charge >= 0.3 is 5.97 Å². The second-order valence-corrected chi connectivity index (χ2v) is 12.7. The lowest BCUT2D eigenvalue weighted by Gasteiger charge is -2.60.